The van der Waals surface area contributed by atoms with Crippen LogP contribution in [0, 0.1) is 0 Å². The lowest BCUT2D eigenvalue weighted by Crippen LogP contribution is -2.43. The van der Waals surface area contributed by atoms with Gasteiger partial charge in [0.1, 0.15) is 0 Å². The predicted molar refractivity (Wildman–Crippen MR) is 142 cm³/mol. The third-order valence-electron chi connectivity index (χ3n) is 6.87. The second kappa shape index (κ2) is 10.1. The summed E-state index contributed by atoms with van der Waals surface area (Å²) >= 11 is 1.66. The van der Waals surface area contributed by atoms with Gasteiger partial charge >= 0.3 is 5.97 Å². The van der Waals surface area contributed by atoms with Crippen LogP contribution >= 0.6 is 11.3 Å². The number of hydrogen-bond donors (Lipinski definition) is 0. The Morgan fingerprint density at radius 2 is 2.03 bits per heavy atom. The molecule has 1 aliphatic heterocycles. The van der Waals surface area contributed by atoms with Gasteiger partial charge in [-0.1, -0.05) is 24.3 Å². The maximum Gasteiger partial charge on any atom is 0.339 e. The van der Waals surface area contributed by atoms with Crippen molar-refractivity contribution < 1.29 is 22.7 Å². The van der Waals surface area contributed by atoms with Crippen LogP contribution in [0.25, 0.3) is 22.6 Å². The van der Waals surface area contributed by atoms with Crippen LogP contribution < -0.4 is 0 Å². The summed E-state index contributed by atoms with van der Waals surface area (Å²) in [7, 11) is -3.13. The van der Waals surface area contributed by atoms with Crippen molar-refractivity contribution in [3.8, 4) is 0 Å². The van der Waals surface area contributed by atoms with Crippen molar-refractivity contribution in [2.75, 3.05) is 24.7 Å². The molecule has 1 fully saturated rings. The number of ether oxygens (including phenoxy) is 1. The van der Waals surface area contributed by atoms with E-state index in [-0.39, 0.29) is 23.5 Å². The Morgan fingerprint density at radius 3 is 2.75 bits per heavy atom. The van der Waals surface area contributed by atoms with Gasteiger partial charge in [0.2, 0.25) is 0 Å². The lowest BCUT2D eigenvalue weighted by molar-refractivity contribution is -0.136. The van der Waals surface area contributed by atoms with Crippen LogP contribution in [0.5, 0.6) is 0 Å². The molecule has 0 saturated carbocycles. The molecule has 3 aromatic rings. The van der Waals surface area contributed by atoms with E-state index in [1.807, 2.05) is 35.7 Å². The monoisotopic (exact) mass is 524 g/mol. The molecule has 0 radical (unpaired) electrons. The van der Waals surface area contributed by atoms with Gasteiger partial charge in [-0.15, -0.1) is 11.3 Å². The van der Waals surface area contributed by atoms with Crippen LogP contribution in [-0.4, -0.2) is 60.9 Å². The fraction of sp³-hybridized carbons (Fsp3) is 0.370. The average molecular weight is 525 g/mol. The Balaban J connectivity index is 1.44. The summed E-state index contributed by atoms with van der Waals surface area (Å²) in [6, 6.07) is 11.2. The van der Waals surface area contributed by atoms with Gasteiger partial charge < -0.3 is 9.64 Å². The molecule has 2 aromatic heterocycles. The van der Waals surface area contributed by atoms with Crippen LogP contribution in [0.4, 0.5) is 0 Å². The zero-order valence-electron chi connectivity index (χ0n) is 20.1. The van der Waals surface area contributed by atoms with Crippen molar-refractivity contribution in [3.05, 3.63) is 63.5 Å². The Labute approximate surface area is 214 Å². The minimum Gasteiger partial charge on any atom is -0.452 e. The number of carbonyl (C=O) groups excluding carboxylic acids is 2. The zero-order chi connectivity index (χ0) is 25.3. The number of carbonyl (C=O) groups is 2. The van der Waals surface area contributed by atoms with Crippen molar-refractivity contribution in [1.82, 2.24) is 9.88 Å². The minimum atomic E-state index is -3.13. The molecular formula is C27H28N2O5S2. The molecule has 0 bridgehead atoms. The Morgan fingerprint density at radius 1 is 1.19 bits per heavy atom. The van der Waals surface area contributed by atoms with Crippen molar-refractivity contribution in [3.63, 3.8) is 0 Å². The molecule has 1 aliphatic carbocycles. The molecule has 0 unspecified atom stereocenters. The number of likely N-dealkylation sites (N-methyl/N-ethyl adjacent to an activating group) is 1. The molecule has 188 valence electrons. The topological polar surface area (TPSA) is 93.6 Å². The smallest absolute Gasteiger partial charge is 0.339 e. The van der Waals surface area contributed by atoms with Crippen molar-refractivity contribution in [2.24, 2.45) is 0 Å². The van der Waals surface area contributed by atoms with Crippen molar-refractivity contribution >= 4 is 55.6 Å². The van der Waals surface area contributed by atoms with E-state index in [4.69, 9.17) is 9.72 Å². The number of benzene rings is 1. The third-order valence-corrected chi connectivity index (χ3v) is 9.44. The highest BCUT2D eigenvalue weighted by atomic mass is 32.2. The number of para-hydroxylation sites is 1. The minimum absolute atomic E-state index is 0.0393. The van der Waals surface area contributed by atoms with Crippen LogP contribution in [0.1, 0.15) is 52.7 Å². The van der Waals surface area contributed by atoms with Crippen LogP contribution in [0.3, 0.4) is 0 Å². The summed E-state index contributed by atoms with van der Waals surface area (Å²) in [5.74, 6) is -0.885. The number of allylic oxidation sites excluding steroid dienone is 1. The largest absolute Gasteiger partial charge is 0.452 e. The summed E-state index contributed by atoms with van der Waals surface area (Å²) in [5.41, 5.74) is 3.94. The SMILES string of the molecule is CCN(C(=O)COC(=O)c1c2c(nc3ccccc13)/C(=C/c1cccs1)CCC2)[C@@H]1CCS(=O)(=O)C1. The first kappa shape index (κ1) is 24.6. The summed E-state index contributed by atoms with van der Waals surface area (Å²) in [6.45, 7) is 1.74. The van der Waals surface area contributed by atoms with E-state index in [1.54, 1.807) is 18.3 Å². The van der Waals surface area contributed by atoms with Crippen LogP contribution in [-0.2, 0) is 25.8 Å². The molecular weight excluding hydrogens is 496 g/mol. The highest BCUT2D eigenvalue weighted by Gasteiger charge is 2.34. The summed E-state index contributed by atoms with van der Waals surface area (Å²) in [4.78, 5) is 34.0. The molecule has 1 saturated heterocycles. The van der Waals surface area contributed by atoms with Gasteiger partial charge in [0.25, 0.3) is 5.91 Å². The number of hydrogen-bond acceptors (Lipinski definition) is 7. The first-order valence-electron chi connectivity index (χ1n) is 12.2. The fourth-order valence-corrected chi connectivity index (χ4v) is 7.61. The van der Waals surface area contributed by atoms with E-state index < -0.39 is 22.4 Å². The molecule has 1 aromatic carbocycles. The lowest BCUT2D eigenvalue weighted by atomic mass is 9.86. The Hall–Kier alpha value is -3.04. The van der Waals surface area contributed by atoms with E-state index in [2.05, 4.69) is 12.1 Å². The number of aromatic nitrogens is 1. The van der Waals surface area contributed by atoms with E-state index >= 15 is 0 Å². The number of amides is 1. The molecule has 2 aliphatic rings. The molecule has 7 nitrogen and oxygen atoms in total. The molecule has 1 atom stereocenters. The molecule has 0 spiro atoms. The Bertz CT molecular complexity index is 1440. The number of nitrogens with zero attached hydrogens (tertiary/aromatic N) is 2. The highest BCUT2D eigenvalue weighted by Crippen LogP contribution is 2.37. The summed E-state index contributed by atoms with van der Waals surface area (Å²) in [5, 5.41) is 2.74. The van der Waals surface area contributed by atoms with Gasteiger partial charge in [-0.2, -0.15) is 0 Å². The number of pyridine rings is 1. The maximum atomic E-state index is 13.5. The standard InChI is InChI=1S/C27H28N2O5S2/c1-2-29(19-12-14-36(32,33)17-19)24(30)16-34-27(31)25-21-9-3-4-11-23(21)28-26-18(7-5-10-22(25)26)15-20-8-6-13-35-20/h3-4,6,8-9,11,13,15,19H,2,5,7,10,12,14,16-17H2,1H3/b18-15+/t19-/m1/s1. The second-order valence-corrected chi connectivity index (χ2v) is 12.4. The van der Waals surface area contributed by atoms with E-state index in [1.165, 1.54) is 4.90 Å². The lowest BCUT2D eigenvalue weighted by Gasteiger charge is -2.27. The van der Waals surface area contributed by atoms with Crippen molar-refractivity contribution in [2.45, 2.75) is 38.6 Å². The van der Waals surface area contributed by atoms with E-state index in [9.17, 15) is 18.0 Å². The zero-order valence-corrected chi connectivity index (χ0v) is 21.7. The maximum absolute atomic E-state index is 13.5. The Kier molecular flexibility index (Phi) is 6.94. The van der Waals surface area contributed by atoms with Gasteiger partial charge in [0.15, 0.2) is 16.4 Å². The predicted octanol–water partition coefficient (Wildman–Crippen LogP) is 4.37. The molecule has 5 rings (SSSR count). The van der Waals surface area contributed by atoms with Gasteiger partial charge in [0.05, 0.1) is 28.3 Å². The summed E-state index contributed by atoms with van der Waals surface area (Å²) < 4.78 is 29.4. The van der Waals surface area contributed by atoms with Gasteiger partial charge in [-0.05, 0) is 67.3 Å². The molecule has 9 heteroatoms. The van der Waals surface area contributed by atoms with Gasteiger partial charge in [0, 0.05) is 22.8 Å². The molecule has 1 amide bonds. The summed E-state index contributed by atoms with van der Waals surface area (Å²) in [6.07, 6.45) is 5.02. The van der Waals surface area contributed by atoms with Crippen LogP contribution in [0.2, 0.25) is 0 Å². The first-order valence-corrected chi connectivity index (χ1v) is 14.9. The number of sulfone groups is 1. The molecule has 3 heterocycles. The molecule has 0 N–H and O–H groups in total. The third kappa shape index (κ3) is 4.95. The number of fused-ring (bicyclic) bond motifs is 2. The van der Waals surface area contributed by atoms with E-state index in [0.29, 0.717) is 35.9 Å². The number of thiophene rings is 1. The number of rotatable bonds is 6. The molecule has 36 heavy (non-hydrogen) atoms. The van der Waals surface area contributed by atoms with Crippen molar-refractivity contribution in [1.29, 1.82) is 0 Å². The van der Waals surface area contributed by atoms with Gasteiger partial charge in [-0.25, -0.2) is 18.2 Å². The van der Waals surface area contributed by atoms with Gasteiger partial charge in [-0.3, -0.25) is 4.79 Å². The quantitative estimate of drug-likeness (QED) is 0.445. The normalized spacial score (nSPS) is 19.8. The highest BCUT2D eigenvalue weighted by molar-refractivity contribution is 7.91. The number of esters is 1. The fourth-order valence-electron chi connectivity index (χ4n) is 5.20. The van der Waals surface area contributed by atoms with E-state index in [0.717, 1.165) is 34.5 Å². The first-order chi connectivity index (χ1) is 17.4. The second-order valence-electron chi connectivity index (χ2n) is 9.18. The van der Waals surface area contributed by atoms with Crippen LogP contribution in [0.15, 0.2) is 41.8 Å². The average Bonchev–Trinajstić information content (AvgIpc) is 3.51.